The predicted octanol–water partition coefficient (Wildman–Crippen LogP) is 2.10. The van der Waals surface area contributed by atoms with Crippen molar-refractivity contribution in [2.75, 3.05) is 0 Å². The van der Waals surface area contributed by atoms with Gasteiger partial charge in [0.05, 0.1) is 0 Å². The molecule has 0 bridgehead atoms. The van der Waals surface area contributed by atoms with Gasteiger partial charge >= 0.3 is 12.1 Å². The van der Waals surface area contributed by atoms with Crippen LogP contribution in [0.5, 0.6) is 0 Å². The van der Waals surface area contributed by atoms with Crippen LogP contribution < -0.4 is 5.32 Å². The lowest BCUT2D eigenvalue weighted by Gasteiger charge is -2.17. The Hall–Kier alpha value is -2.28. The molecule has 2 atom stereocenters. The first-order valence-electron chi connectivity index (χ1n) is 6.63. The van der Waals surface area contributed by atoms with Crippen molar-refractivity contribution in [3.05, 3.63) is 35.9 Å². The summed E-state index contributed by atoms with van der Waals surface area (Å²) < 4.78 is 4.99. The van der Waals surface area contributed by atoms with Crippen molar-refractivity contribution < 1.29 is 24.3 Å². The standard InChI is InChI=1S/C14H15ClN2O5/c15-12-7-10(22-17-12)6-11(13(18)19)16-14(20)21-8-9-4-2-1-3-5-9/h1-5,10-11H,6-8H2,(H,16,20)(H,18,19). The van der Waals surface area contributed by atoms with Crippen LogP contribution in [-0.4, -0.2) is 34.5 Å². The highest BCUT2D eigenvalue weighted by atomic mass is 35.5. The molecule has 22 heavy (non-hydrogen) atoms. The molecule has 1 aromatic carbocycles. The number of alkyl carbamates (subject to hydrolysis) is 1. The smallest absolute Gasteiger partial charge is 0.408 e. The number of rotatable bonds is 6. The molecule has 1 aliphatic rings. The fourth-order valence-electron chi connectivity index (χ4n) is 1.91. The fourth-order valence-corrected chi connectivity index (χ4v) is 2.12. The normalized spacial score (nSPS) is 18.0. The number of carboxylic acid groups (broad SMARTS) is 1. The first kappa shape index (κ1) is 16.1. The number of nitrogens with zero attached hydrogens (tertiary/aromatic N) is 1. The Morgan fingerprint density at radius 2 is 2.18 bits per heavy atom. The Kier molecular flexibility index (Phi) is 5.60. The summed E-state index contributed by atoms with van der Waals surface area (Å²) in [6.07, 6.45) is -0.897. The van der Waals surface area contributed by atoms with Crippen molar-refractivity contribution in [1.82, 2.24) is 5.32 Å². The van der Waals surface area contributed by atoms with Crippen LogP contribution in [0.15, 0.2) is 35.5 Å². The van der Waals surface area contributed by atoms with Gasteiger partial charge in [-0.3, -0.25) is 0 Å². The van der Waals surface area contributed by atoms with Gasteiger partial charge in [0.25, 0.3) is 0 Å². The van der Waals surface area contributed by atoms with Gasteiger partial charge in [-0.15, -0.1) is 0 Å². The van der Waals surface area contributed by atoms with E-state index in [-0.39, 0.29) is 18.2 Å². The van der Waals surface area contributed by atoms with Gasteiger partial charge in [0.2, 0.25) is 0 Å². The average Bonchev–Trinajstić information content (AvgIpc) is 2.91. The van der Waals surface area contributed by atoms with Crippen LogP contribution in [0.2, 0.25) is 0 Å². The second-order valence-electron chi connectivity index (χ2n) is 4.73. The molecule has 7 nitrogen and oxygen atoms in total. The van der Waals surface area contributed by atoms with E-state index in [1.54, 1.807) is 12.1 Å². The molecule has 0 saturated carbocycles. The number of aliphatic carboxylic acids is 1. The highest BCUT2D eigenvalue weighted by molar-refractivity contribution is 6.65. The number of hydrogen-bond acceptors (Lipinski definition) is 5. The summed E-state index contributed by atoms with van der Waals surface area (Å²) in [5.74, 6) is -1.18. The van der Waals surface area contributed by atoms with Crippen LogP contribution in [0.25, 0.3) is 0 Å². The number of ether oxygens (including phenoxy) is 1. The van der Waals surface area contributed by atoms with E-state index in [1.807, 2.05) is 18.2 Å². The van der Waals surface area contributed by atoms with E-state index in [0.29, 0.717) is 6.42 Å². The number of amides is 1. The van der Waals surface area contributed by atoms with Gasteiger partial charge in [0, 0.05) is 12.8 Å². The molecule has 1 aliphatic heterocycles. The Morgan fingerprint density at radius 3 is 2.77 bits per heavy atom. The third-order valence-corrected chi connectivity index (χ3v) is 3.22. The Bertz CT molecular complexity index is 564. The lowest BCUT2D eigenvalue weighted by Crippen LogP contribution is -2.43. The molecule has 0 spiro atoms. The number of carboxylic acids is 1. The minimum Gasteiger partial charge on any atom is -0.480 e. The first-order chi connectivity index (χ1) is 10.5. The second-order valence-corrected chi connectivity index (χ2v) is 5.17. The van der Waals surface area contributed by atoms with Gasteiger partial charge in [-0.2, -0.15) is 0 Å². The molecule has 2 N–H and O–H groups in total. The summed E-state index contributed by atoms with van der Waals surface area (Å²) >= 11 is 5.66. The summed E-state index contributed by atoms with van der Waals surface area (Å²) in [4.78, 5) is 27.8. The molecule has 1 aromatic rings. The van der Waals surface area contributed by atoms with Crippen molar-refractivity contribution in [3.63, 3.8) is 0 Å². The van der Waals surface area contributed by atoms with E-state index in [0.717, 1.165) is 5.56 Å². The summed E-state index contributed by atoms with van der Waals surface area (Å²) in [5, 5.41) is 15.2. The summed E-state index contributed by atoms with van der Waals surface area (Å²) in [7, 11) is 0. The number of carbonyl (C=O) groups is 2. The van der Waals surface area contributed by atoms with Crippen molar-refractivity contribution in [2.24, 2.45) is 5.16 Å². The molecular formula is C14H15ClN2O5. The summed E-state index contributed by atoms with van der Waals surface area (Å²) in [6.45, 7) is 0.0634. The lowest BCUT2D eigenvalue weighted by molar-refractivity contribution is -0.140. The third-order valence-electron chi connectivity index (χ3n) is 3.00. The molecule has 118 valence electrons. The largest absolute Gasteiger partial charge is 0.480 e. The van der Waals surface area contributed by atoms with E-state index in [4.69, 9.17) is 26.3 Å². The maximum Gasteiger partial charge on any atom is 0.408 e. The summed E-state index contributed by atoms with van der Waals surface area (Å²) in [6, 6.07) is 7.95. The molecule has 2 rings (SSSR count). The van der Waals surface area contributed by atoms with Crippen LogP contribution >= 0.6 is 11.6 Å². The molecule has 1 heterocycles. The zero-order chi connectivity index (χ0) is 15.9. The first-order valence-corrected chi connectivity index (χ1v) is 7.00. The van der Waals surface area contributed by atoms with E-state index in [1.165, 1.54) is 0 Å². The molecule has 1 amide bonds. The molecule has 0 aliphatic carbocycles. The number of oxime groups is 1. The maximum atomic E-state index is 11.7. The van der Waals surface area contributed by atoms with Crippen LogP contribution in [0.3, 0.4) is 0 Å². The molecule has 0 fully saturated rings. The SMILES string of the molecule is O=C(NC(CC1CC(Cl)=NO1)C(=O)O)OCc1ccccc1. The highest BCUT2D eigenvalue weighted by Gasteiger charge is 2.29. The van der Waals surface area contributed by atoms with E-state index in [9.17, 15) is 9.59 Å². The lowest BCUT2D eigenvalue weighted by atomic mass is 10.1. The van der Waals surface area contributed by atoms with Gasteiger partial charge in [-0.1, -0.05) is 47.1 Å². The van der Waals surface area contributed by atoms with Gasteiger partial charge in [-0.25, -0.2) is 9.59 Å². The zero-order valence-corrected chi connectivity index (χ0v) is 12.3. The van der Waals surface area contributed by atoms with E-state index >= 15 is 0 Å². The van der Waals surface area contributed by atoms with Crippen LogP contribution in [0.1, 0.15) is 18.4 Å². The van der Waals surface area contributed by atoms with Crippen LogP contribution in [0, 0.1) is 0 Å². The maximum absolute atomic E-state index is 11.7. The number of carbonyl (C=O) groups excluding carboxylic acids is 1. The van der Waals surface area contributed by atoms with Crippen molar-refractivity contribution >= 4 is 28.8 Å². The van der Waals surface area contributed by atoms with Gasteiger partial charge in [-0.05, 0) is 5.56 Å². The van der Waals surface area contributed by atoms with Gasteiger partial charge < -0.3 is 20.0 Å². The van der Waals surface area contributed by atoms with Crippen molar-refractivity contribution in [3.8, 4) is 0 Å². The Labute approximate surface area is 131 Å². The minimum atomic E-state index is -1.18. The third kappa shape index (κ3) is 4.92. The van der Waals surface area contributed by atoms with Crippen molar-refractivity contribution in [2.45, 2.75) is 31.6 Å². The molecule has 0 aromatic heterocycles. The van der Waals surface area contributed by atoms with Crippen LogP contribution in [-0.2, 0) is 21.0 Å². The van der Waals surface area contributed by atoms with Crippen molar-refractivity contribution in [1.29, 1.82) is 0 Å². The fraction of sp³-hybridized carbons (Fsp3) is 0.357. The van der Waals surface area contributed by atoms with E-state index in [2.05, 4.69) is 10.5 Å². The number of nitrogens with one attached hydrogen (secondary N) is 1. The van der Waals surface area contributed by atoms with E-state index < -0.39 is 24.2 Å². The Morgan fingerprint density at radius 1 is 1.45 bits per heavy atom. The number of halogens is 1. The van der Waals surface area contributed by atoms with Gasteiger partial charge in [0.1, 0.15) is 23.9 Å². The highest BCUT2D eigenvalue weighted by Crippen LogP contribution is 2.17. The number of benzene rings is 1. The molecular weight excluding hydrogens is 312 g/mol. The average molecular weight is 327 g/mol. The quantitative estimate of drug-likeness (QED) is 0.834. The molecule has 2 unspecified atom stereocenters. The minimum absolute atomic E-state index is 0.0511. The van der Waals surface area contributed by atoms with Crippen LogP contribution in [0.4, 0.5) is 4.79 Å². The Balaban J connectivity index is 1.80. The molecule has 8 heteroatoms. The molecule has 0 radical (unpaired) electrons. The topological polar surface area (TPSA) is 97.2 Å². The van der Waals surface area contributed by atoms with Gasteiger partial charge in [0.15, 0.2) is 0 Å². The predicted molar refractivity (Wildman–Crippen MR) is 78.6 cm³/mol. The molecule has 0 saturated heterocycles. The second kappa shape index (κ2) is 7.65. The zero-order valence-electron chi connectivity index (χ0n) is 11.6. The summed E-state index contributed by atoms with van der Waals surface area (Å²) in [5.41, 5.74) is 0.809. The number of hydrogen-bond donors (Lipinski definition) is 2. The monoisotopic (exact) mass is 326 g/mol.